The maximum atomic E-state index is 14.9. The molecule has 0 bridgehead atoms. The van der Waals surface area contributed by atoms with Crippen molar-refractivity contribution >= 4 is 27.4 Å². The van der Waals surface area contributed by atoms with E-state index in [1.54, 1.807) is 56.0 Å². The molecule has 3 heterocycles. The lowest BCUT2D eigenvalue weighted by Crippen LogP contribution is -2.47. The number of aromatic nitrogens is 3. The molecule has 1 atom stereocenters. The van der Waals surface area contributed by atoms with E-state index in [2.05, 4.69) is 9.71 Å². The Hall–Kier alpha value is -3.67. The molecule has 0 spiro atoms. The predicted molar refractivity (Wildman–Crippen MR) is 150 cm³/mol. The maximum Gasteiger partial charge on any atom is 0.332 e. The van der Waals surface area contributed by atoms with Crippen molar-refractivity contribution in [3.8, 4) is 33.7 Å². The Bertz CT molecular complexity index is 1750. The zero-order valence-corrected chi connectivity index (χ0v) is 23.1. The molecule has 39 heavy (non-hydrogen) atoms. The zero-order chi connectivity index (χ0) is 28.1. The third-order valence-electron chi connectivity index (χ3n) is 6.83. The highest BCUT2D eigenvalue weighted by Gasteiger charge is 2.36. The summed E-state index contributed by atoms with van der Waals surface area (Å²) in [7, 11) is -1.75. The molecule has 0 radical (unpaired) electrons. The molecule has 1 saturated heterocycles. The molecule has 204 valence electrons. The van der Waals surface area contributed by atoms with Gasteiger partial charge in [-0.2, -0.15) is 0 Å². The van der Waals surface area contributed by atoms with Gasteiger partial charge in [-0.1, -0.05) is 17.7 Å². The topological polar surface area (TPSA) is 109 Å². The fourth-order valence-electron chi connectivity index (χ4n) is 5.00. The standard InChI is InChI=1S/C27H27ClFN5O4S/c1-27(31-39(3,37)38)7-9-33(16-27)24-13-18(6-8-30-24)21-15-19(29)14-20(25(21)35)17-4-5-23(22(28)12-17)34-11-10-32(2)26(34)36/h4-6,8,10-15,31,35H,7,9,16H2,1-3H3. The second-order valence-electron chi connectivity index (χ2n) is 10.1. The first-order chi connectivity index (χ1) is 18.3. The van der Waals surface area contributed by atoms with Crippen LogP contribution < -0.4 is 15.3 Å². The van der Waals surface area contributed by atoms with Crippen molar-refractivity contribution in [2.24, 2.45) is 7.05 Å². The molecule has 2 N–H and O–H groups in total. The summed E-state index contributed by atoms with van der Waals surface area (Å²) >= 11 is 6.50. The molecule has 4 aromatic rings. The molecular weight excluding hydrogens is 545 g/mol. The Morgan fingerprint density at radius 1 is 1.10 bits per heavy atom. The van der Waals surface area contributed by atoms with Gasteiger partial charge in [-0.3, -0.25) is 4.57 Å². The monoisotopic (exact) mass is 571 g/mol. The van der Waals surface area contributed by atoms with Crippen molar-refractivity contribution in [1.82, 2.24) is 18.8 Å². The van der Waals surface area contributed by atoms with Gasteiger partial charge in [0.05, 0.1) is 17.0 Å². The van der Waals surface area contributed by atoms with Crippen LogP contribution in [0.5, 0.6) is 5.75 Å². The number of aryl methyl sites for hydroxylation is 1. The highest BCUT2D eigenvalue weighted by molar-refractivity contribution is 7.88. The molecule has 2 aromatic heterocycles. The van der Waals surface area contributed by atoms with E-state index >= 15 is 0 Å². The molecule has 0 aliphatic carbocycles. The predicted octanol–water partition coefficient (Wildman–Crippen LogP) is 3.92. The molecule has 1 aliphatic rings. The maximum absolute atomic E-state index is 14.9. The summed E-state index contributed by atoms with van der Waals surface area (Å²) < 4.78 is 43.9. The fourth-order valence-corrected chi connectivity index (χ4v) is 6.34. The number of hydrogen-bond acceptors (Lipinski definition) is 6. The van der Waals surface area contributed by atoms with E-state index in [0.29, 0.717) is 42.1 Å². The number of imidazole rings is 1. The van der Waals surface area contributed by atoms with Crippen molar-refractivity contribution in [3.05, 3.63) is 82.4 Å². The van der Waals surface area contributed by atoms with Crippen LogP contribution in [0.3, 0.4) is 0 Å². The van der Waals surface area contributed by atoms with Gasteiger partial charge in [-0.25, -0.2) is 27.3 Å². The normalized spacial score (nSPS) is 17.6. The average molecular weight is 572 g/mol. The molecule has 1 aliphatic heterocycles. The smallest absolute Gasteiger partial charge is 0.332 e. The molecule has 0 saturated carbocycles. The first kappa shape index (κ1) is 26.9. The number of nitrogens with one attached hydrogen (secondary N) is 1. The van der Waals surface area contributed by atoms with Crippen LogP contribution in [0.25, 0.3) is 27.9 Å². The number of nitrogens with zero attached hydrogens (tertiary/aromatic N) is 4. The SMILES string of the molecule is Cn1ccn(-c2ccc(-c3cc(F)cc(-c4ccnc(N5CCC(C)(NS(C)(=O)=O)C5)c4)c3O)cc2Cl)c1=O. The molecule has 9 nitrogen and oxygen atoms in total. The number of pyridine rings is 1. The van der Waals surface area contributed by atoms with Crippen molar-refractivity contribution in [1.29, 1.82) is 0 Å². The van der Waals surface area contributed by atoms with E-state index < -0.39 is 21.4 Å². The van der Waals surface area contributed by atoms with Crippen LogP contribution in [0.1, 0.15) is 13.3 Å². The summed E-state index contributed by atoms with van der Waals surface area (Å²) in [5.41, 5.74) is 1.08. The number of rotatable bonds is 6. The van der Waals surface area contributed by atoms with Crippen LogP contribution in [0, 0.1) is 5.82 Å². The van der Waals surface area contributed by atoms with Gasteiger partial charge in [0.25, 0.3) is 0 Å². The van der Waals surface area contributed by atoms with Gasteiger partial charge in [0.1, 0.15) is 17.4 Å². The van der Waals surface area contributed by atoms with Gasteiger partial charge >= 0.3 is 5.69 Å². The van der Waals surface area contributed by atoms with Crippen LogP contribution in [0.4, 0.5) is 10.2 Å². The van der Waals surface area contributed by atoms with Crippen LogP contribution in [-0.4, -0.2) is 52.5 Å². The number of hydrogen-bond donors (Lipinski definition) is 2. The Morgan fingerprint density at radius 2 is 1.79 bits per heavy atom. The summed E-state index contributed by atoms with van der Waals surface area (Å²) in [6, 6.07) is 10.8. The van der Waals surface area contributed by atoms with E-state index in [4.69, 9.17) is 11.6 Å². The largest absolute Gasteiger partial charge is 0.507 e. The van der Waals surface area contributed by atoms with Crippen LogP contribution in [0.2, 0.25) is 5.02 Å². The number of anilines is 1. The fraction of sp³-hybridized carbons (Fsp3) is 0.259. The molecular formula is C27H27ClFN5O4S. The minimum Gasteiger partial charge on any atom is -0.507 e. The lowest BCUT2D eigenvalue weighted by atomic mass is 9.97. The van der Waals surface area contributed by atoms with Gasteiger partial charge < -0.3 is 14.6 Å². The van der Waals surface area contributed by atoms with Crippen molar-refractivity contribution < 1.29 is 17.9 Å². The highest BCUT2D eigenvalue weighted by atomic mass is 35.5. The first-order valence-electron chi connectivity index (χ1n) is 12.1. The number of benzene rings is 2. The Labute approximate surface area is 230 Å². The van der Waals surface area contributed by atoms with Crippen LogP contribution in [0.15, 0.2) is 65.8 Å². The van der Waals surface area contributed by atoms with Crippen molar-refractivity contribution in [2.75, 3.05) is 24.2 Å². The Morgan fingerprint density at radius 3 is 2.41 bits per heavy atom. The van der Waals surface area contributed by atoms with E-state index in [1.165, 1.54) is 21.3 Å². The lowest BCUT2D eigenvalue weighted by Gasteiger charge is -2.25. The summed E-state index contributed by atoms with van der Waals surface area (Å²) in [5.74, 6) is -0.113. The molecule has 0 amide bonds. The summed E-state index contributed by atoms with van der Waals surface area (Å²) in [4.78, 5) is 18.7. The Balaban J connectivity index is 1.49. The number of phenolic OH excluding ortho intramolecular Hbond substituents is 1. The second kappa shape index (κ2) is 9.82. The van der Waals surface area contributed by atoms with E-state index in [-0.39, 0.29) is 27.6 Å². The third kappa shape index (κ3) is 5.42. The summed E-state index contributed by atoms with van der Waals surface area (Å²) in [6.45, 7) is 2.82. The zero-order valence-electron chi connectivity index (χ0n) is 21.5. The van der Waals surface area contributed by atoms with E-state index in [9.17, 15) is 22.7 Å². The van der Waals surface area contributed by atoms with E-state index in [0.717, 1.165) is 6.26 Å². The van der Waals surface area contributed by atoms with Gasteiger partial charge in [0, 0.05) is 55.4 Å². The average Bonchev–Trinajstić information content (AvgIpc) is 3.41. The number of sulfonamides is 1. The number of phenols is 1. The summed E-state index contributed by atoms with van der Waals surface area (Å²) in [6.07, 6.45) is 6.50. The van der Waals surface area contributed by atoms with Gasteiger partial charge in [0.2, 0.25) is 10.0 Å². The molecule has 12 heteroatoms. The minimum atomic E-state index is -3.39. The number of aromatic hydroxyl groups is 1. The van der Waals surface area contributed by atoms with Crippen molar-refractivity contribution in [3.63, 3.8) is 0 Å². The quantitative estimate of drug-likeness (QED) is 0.363. The van der Waals surface area contributed by atoms with Gasteiger partial charge in [0.15, 0.2) is 0 Å². The molecule has 1 fully saturated rings. The Kier molecular flexibility index (Phi) is 6.78. The lowest BCUT2D eigenvalue weighted by molar-refractivity contribution is 0.458. The van der Waals surface area contributed by atoms with Gasteiger partial charge in [-0.05, 0) is 60.9 Å². The molecule has 1 unspecified atom stereocenters. The van der Waals surface area contributed by atoms with Crippen LogP contribution in [-0.2, 0) is 17.1 Å². The first-order valence-corrected chi connectivity index (χ1v) is 14.4. The second-order valence-corrected chi connectivity index (χ2v) is 12.2. The van der Waals surface area contributed by atoms with Crippen molar-refractivity contribution in [2.45, 2.75) is 18.9 Å². The third-order valence-corrected chi connectivity index (χ3v) is 7.99. The molecule has 2 aromatic carbocycles. The molecule has 5 rings (SSSR count). The minimum absolute atomic E-state index is 0.140. The van der Waals surface area contributed by atoms with Gasteiger partial charge in [-0.15, -0.1) is 0 Å². The van der Waals surface area contributed by atoms with E-state index in [1.807, 2.05) is 11.8 Å². The number of halogens is 2. The summed E-state index contributed by atoms with van der Waals surface area (Å²) in [5, 5.41) is 11.5. The highest BCUT2D eigenvalue weighted by Crippen LogP contribution is 2.41. The van der Waals surface area contributed by atoms with Crippen LogP contribution >= 0.6 is 11.6 Å².